The SMILES string of the molecule is Cc1ccccc1C[C@@H](C)CNC(=O)c1nc(Cl)c(N)nc1N. The lowest BCUT2D eigenvalue weighted by atomic mass is 9.97. The van der Waals surface area contributed by atoms with Crippen LogP contribution < -0.4 is 16.8 Å². The summed E-state index contributed by atoms with van der Waals surface area (Å²) >= 11 is 5.78. The molecule has 2 aromatic rings. The van der Waals surface area contributed by atoms with Crippen molar-refractivity contribution >= 4 is 29.1 Å². The highest BCUT2D eigenvalue weighted by molar-refractivity contribution is 6.31. The number of halogens is 1. The second-order valence-corrected chi connectivity index (χ2v) is 5.94. The number of hydrogen-bond donors (Lipinski definition) is 3. The van der Waals surface area contributed by atoms with Crippen molar-refractivity contribution < 1.29 is 4.79 Å². The molecule has 0 fully saturated rings. The molecule has 6 nitrogen and oxygen atoms in total. The van der Waals surface area contributed by atoms with Crippen LogP contribution in [0.3, 0.4) is 0 Å². The standard InChI is InChI=1S/C16H20ClN5O/c1-9(7-11-6-4-3-5-10(11)2)8-20-16(23)12-14(18)22-15(19)13(17)21-12/h3-6,9H,7-8H2,1-2H3,(H,20,23)(H4,18,19,22)/t9-/m1/s1. The van der Waals surface area contributed by atoms with Gasteiger partial charge < -0.3 is 16.8 Å². The summed E-state index contributed by atoms with van der Waals surface area (Å²) in [5, 5.41) is 2.77. The van der Waals surface area contributed by atoms with Crippen LogP contribution in [-0.4, -0.2) is 22.4 Å². The molecule has 1 atom stereocenters. The van der Waals surface area contributed by atoms with Crippen molar-refractivity contribution in [3.05, 3.63) is 46.2 Å². The van der Waals surface area contributed by atoms with Crippen molar-refractivity contribution in [3.8, 4) is 0 Å². The van der Waals surface area contributed by atoms with Gasteiger partial charge in [-0.2, -0.15) is 0 Å². The highest BCUT2D eigenvalue weighted by atomic mass is 35.5. The molecule has 0 radical (unpaired) electrons. The average Bonchev–Trinajstić information content (AvgIpc) is 2.51. The monoisotopic (exact) mass is 333 g/mol. The van der Waals surface area contributed by atoms with Gasteiger partial charge in [0.2, 0.25) is 0 Å². The summed E-state index contributed by atoms with van der Waals surface area (Å²) in [4.78, 5) is 19.8. The maximum absolute atomic E-state index is 12.2. The van der Waals surface area contributed by atoms with Crippen molar-refractivity contribution in [3.63, 3.8) is 0 Å². The summed E-state index contributed by atoms with van der Waals surface area (Å²) < 4.78 is 0. The first-order valence-corrected chi connectivity index (χ1v) is 7.67. The minimum atomic E-state index is -0.409. The molecule has 1 heterocycles. The van der Waals surface area contributed by atoms with E-state index in [2.05, 4.69) is 41.3 Å². The van der Waals surface area contributed by atoms with Gasteiger partial charge in [0.1, 0.15) is 0 Å². The predicted octanol–water partition coefficient (Wildman–Crippen LogP) is 2.21. The number of rotatable bonds is 5. The number of amides is 1. The molecule has 5 N–H and O–H groups in total. The number of carbonyl (C=O) groups is 1. The van der Waals surface area contributed by atoms with Gasteiger partial charge in [-0.3, -0.25) is 4.79 Å². The summed E-state index contributed by atoms with van der Waals surface area (Å²) in [6, 6.07) is 8.20. The molecule has 1 amide bonds. The molecule has 0 aliphatic heterocycles. The minimum Gasteiger partial charge on any atom is -0.382 e. The molecule has 0 spiro atoms. The van der Waals surface area contributed by atoms with Gasteiger partial charge in [0, 0.05) is 6.54 Å². The summed E-state index contributed by atoms with van der Waals surface area (Å²) in [6.45, 7) is 4.64. The van der Waals surface area contributed by atoms with E-state index in [4.69, 9.17) is 23.1 Å². The van der Waals surface area contributed by atoms with E-state index >= 15 is 0 Å². The molecule has 1 aromatic carbocycles. The summed E-state index contributed by atoms with van der Waals surface area (Å²) in [6.07, 6.45) is 0.872. The zero-order valence-corrected chi connectivity index (χ0v) is 13.9. The Bertz CT molecular complexity index is 720. The molecule has 0 unspecified atom stereocenters. The Balaban J connectivity index is 1.96. The van der Waals surface area contributed by atoms with E-state index in [1.54, 1.807) is 0 Å². The molecule has 0 saturated carbocycles. The zero-order chi connectivity index (χ0) is 17.0. The van der Waals surface area contributed by atoms with Crippen LogP contribution in [0.15, 0.2) is 24.3 Å². The van der Waals surface area contributed by atoms with E-state index in [1.165, 1.54) is 11.1 Å². The maximum Gasteiger partial charge on any atom is 0.273 e. The quantitative estimate of drug-likeness (QED) is 0.777. The van der Waals surface area contributed by atoms with E-state index < -0.39 is 5.91 Å². The number of anilines is 2. The summed E-state index contributed by atoms with van der Waals surface area (Å²) in [5.41, 5.74) is 13.7. The van der Waals surface area contributed by atoms with E-state index in [0.29, 0.717) is 6.54 Å². The molecule has 122 valence electrons. The second-order valence-electron chi connectivity index (χ2n) is 5.58. The minimum absolute atomic E-state index is 0.00714. The Morgan fingerprint density at radius 2 is 1.96 bits per heavy atom. The first kappa shape index (κ1) is 17.0. The number of aromatic nitrogens is 2. The molecule has 0 saturated heterocycles. The highest BCUT2D eigenvalue weighted by Crippen LogP contribution is 2.17. The van der Waals surface area contributed by atoms with Crippen molar-refractivity contribution in [1.82, 2.24) is 15.3 Å². The van der Waals surface area contributed by atoms with Crippen molar-refractivity contribution in [2.24, 2.45) is 5.92 Å². The summed E-state index contributed by atoms with van der Waals surface area (Å²) in [7, 11) is 0. The lowest BCUT2D eigenvalue weighted by Gasteiger charge is -2.14. The van der Waals surface area contributed by atoms with Crippen LogP contribution in [0.25, 0.3) is 0 Å². The number of benzene rings is 1. The lowest BCUT2D eigenvalue weighted by Crippen LogP contribution is -2.30. The number of nitrogens with zero attached hydrogens (tertiary/aromatic N) is 2. The Labute approximate surface area is 140 Å². The Hall–Kier alpha value is -2.34. The fourth-order valence-corrected chi connectivity index (χ4v) is 2.37. The molecule has 0 aliphatic rings. The van der Waals surface area contributed by atoms with Crippen LogP contribution in [0.5, 0.6) is 0 Å². The zero-order valence-electron chi connectivity index (χ0n) is 13.1. The first-order chi connectivity index (χ1) is 10.9. The molecule has 23 heavy (non-hydrogen) atoms. The topological polar surface area (TPSA) is 107 Å². The third-order valence-electron chi connectivity index (χ3n) is 3.56. The highest BCUT2D eigenvalue weighted by Gasteiger charge is 2.16. The third-order valence-corrected chi connectivity index (χ3v) is 3.84. The van der Waals surface area contributed by atoms with Crippen LogP contribution in [0, 0.1) is 12.8 Å². The number of carbonyl (C=O) groups excluding carboxylic acids is 1. The van der Waals surface area contributed by atoms with Gasteiger partial charge in [-0.05, 0) is 30.4 Å². The molecule has 0 bridgehead atoms. The van der Waals surface area contributed by atoms with Gasteiger partial charge in [-0.25, -0.2) is 9.97 Å². The van der Waals surface area contributed by atoms with Crippen LogP contribution in [0.4, 0.5) is 11.6 Å². The fraction of sp³-hybridized carbons (Fsp3) is 0.312. The number of hydrogen-bond acceptors (Lipinski definition) is 5. The summed E-state index contributed by atoms with van der Waals surface area (Å²) in [5.74, 6) is -0.170. The van der Waals surface area contributed by atoms with E-state index in [9.17, 15) is 4.79 Å². The normalized spacial score (nSPS) is 12.0. The van der Waals surface area contributed by atoms with Crippen LogP contribution >= 0.6 is 11.6 Å². The molecule has 1 aromatic heterocycles. The maximum atomic E-state index is 12.2. The molecular formula is C16H20ClN5O. The average molecular weight is 334 g/mol. The van der Waals surface area contributed by atoms with Gasteiger partial charge in [0.05, 0.1) is 0 Å². The van der Waals surface area contributed by atoms with Crippen molar-refractivity contribution in [1.29, 1.82) is 0 Å². The number of nitrogens with one attached hydrogen (secondary N) is 1. The van der Waals surface area contributed by atoms with Gasteiger partial charge in [-0.15, -0.1) is 0 Å². The number of nitrogens with two attached hydrogens (primary N) is 2. The van der Waals surface area contributed by atoms with Gasteiger partial charge in [0.15, 0.2) is 22.5 Å². The number of nitrogen functional groups attached to an aromatic ring is 2. The fourth-order valence-electron chi connectivity index (χ4n) is 2.25. The van der Waals surface area contributed by atoms with Gasteiger partial charge >= 0.3 is 0 Å². The molecule has 7 heteroatoms. The van der Waals surface area contributed by atoms with E-state index in [1.807, 2.05) is 12.1 Å². The third kappa shape index (κ3) is 4.32. The van der Waals surface area contributed by atoms with Crippen LogP contribution in [-0.2, 0) is 6.42 Å². The van der Waals surface area contributed by atoms with Gasteiger partial charge in [0.25, 0.3) is 5.91 Å². The van der Waals surface area contributed by atoms with Crippen molar-refractivity contribution in [2.75, 3.05) is 18.0 Å². The Morgan fingerprint density at radius 3 is 2.65 bits per heavy atom. The first-order valence-electron chi connectivity index (χ1n) is 7.29. The number of aryl methyl sites for hydroxylation is 1. The van der Waals surface area contributed by atoms with Crippen LogP contribution in [0.2, 0.25) is 5.15 Å². The molecule has 2 rings (SSSR count). The lowest BCUT2D eigenvalue weighted by molar-refractivity contribution is 0.0943. The van der Waals surface area contributed by atoms with E-state index in [-0.39, 0.29) is 28.4 Å². The van der Waals surface area contributed by atoms with Crippen molar-refractivity contribution in [2.45, 2.75) is 20.3 Å². The smallest absolute Gasteiger partial charge is 0.273 e. The Morgan fingerprint density at radius 1 is 1.26 bits per heavy atom. The molecule has 0 aliphatic carbocycles. The Kier molecular flexibility index (Phi) is 5.39. The molecular weight excluding hydrogens is 314 g/mol. The largest absolute Gasteiger partial charge is 0.382 e. The van der Waals surface area contributed by atoms with Gasteiger partial charge in [-0.1, -0.05) is 42.8 Å². The second kappa shape index (κ2) is 7.28. The van der Waals surface area contributed by atoms with Crippen LogP contribution in [0.1, 0.15) is 28.5 Å². The van der Waals surface area contributed by atoms with E-state index in [0.717, 1.165) is 6.42 Å². The predicted molar refractivity (Wildman–Crippen MR) is 92.2 cm³/mol.